The van der Waals surface area contributed by atoms with Crippen LogP contribution in [0.25, 0.3) is 0 Å². The highest BCUT2D eigenvalue weighted by molar-refractivity contribution is 6.31. The Morgan fingerprint density at radius 3 is 2.00 bits per heavy atom. The molecule has 6 heteroatoms. The van der Waals surface area contributed by atoms with Crippen molar-refractivity contribution < 1.29 is 9.59 Å². The second-order valence-electron chi connectivity index (χ2n) is 8.52. The molecule has 0 amide bonds. The first kappa shape index (κ1) is 24.0. The topological polar surface area (TPSA) is 53.5 Å². The highest BCUT2D eigenvalue weighted by atomic mass is 35.5. The summed E-state index contributed by atoms with van der Waals surface area (Å²) in [7, 11) is 5.65. The predicted octanol–water partition coefficient (Wildman–Crippen LogP) is 4.97. The fourth-order valence-electron chi connectivity index (χ4n) is 3.57. The number of halogens is 1. The van der Waals surface area contributed by atoms with Crippen LogP contribution < -0.4 is 4.90 Å². The van der Waals surface area contributed by atoms with Crippen LogP contribution in [0.4, 0.5) is 5.69 Å². The molecular formula is C24H32ClN3O2. The third kappa shape index (κ3) is 5.46. The maximum atomic E-state index is 13.1. The molecule has 1 aromatic heterocycles. The van der Waals surface area contributed by atoms with Crippen LogP contribution in [-0.4, -0.2) is 42.6 Å². The van der Waals surface area contributed by atoms with Gasteiger partial charge in [-0.25, -0.2) is 0 Å². The minimum absolute atomic E-state index is 0.0921. The monoisotopic (exact) mass is 429 g/mol. The van der Waals surface area contributed by atoms with Crippen molar-refractivity contribution >= 4 is 28.9 Å². The molecule has 0 aliphatic rings. The third-order valence-electron chi connectivity index (χ3n) is 5.21. The minimum Gasteiger partial charge on any atom is -0.361 e. The molecule has 0 fully saturated rings. The molecule has 1 aromatic carbocycles. The van der Waals surface area contributed by atoms with Gasteiger partial charge in [0.15, 0.2) is 11.6 Å². The smallest absolute Gasteiger partial charge is 0.162 e. The van der Waals surface area contributed by atoms with Crippen LogP contribution in [0.15, 0.2) is 42.7 Å². The summed E-state index contributed by atoms with van der Waals surface area (Å²) in [6.07, 6.45) is 3.41. The molecule has 5 nitrogen and oxygen atoms in total. The van der Waals surface area contributed by atoms with E-state index in [1.165, 1.54) is 0 Å². The Balaban J connectivity index is 2.56. The first-order chi connectivity index (χ1) is 14.0. The molecule has 0 N–H and O–H groups in total. The number of anilines is 1. The van der Waals surface area contributed by atoms with Gasteiger partial charge >= 0.3 is 0 Å². The molecule has 2 aromatic rings. The maximum Gasteiger partial charge on any atom is 0.162 e. The Morgan fingerprint density at radius 1 is 0.900 bits per heavy atom. The number of benzene rings is 1. The summed E-state index contributed by atoms with van der Waals surface area (Å²) in [6.45, 7) is 7.59. The maximum absolute atomic E-state index is 13.1. The van der Waals surface area contributed by atoms with Crippen LogP contribution in [0.2, 0.25) is 5.02 Å². The van der Waals surface area contributed by atoms with Crippen LogP contribution >= 0.6 is 11.6 Å². The number of Topliss-reactive ketones (excluding diaryl/α,β-unsaturated/α-hetero) is 2. The van der Waals surface area contributed by atoms with Crippen LogP contribution in [-0.2, 0) is 9.59 Å². The summed E-state index contributed by atoms with van der Waals surface area (Å²) in [5.74, 6) is -0.0380. The van der Waals surface area contributed by atoms with Crippen molar-refractivity contribution in [2.24, 2.45) is 11.8 Å². The van der Waals surface area contributed by atoms with E-state index in [2.05, 4.69) is 4.98 Å². The number of aromatic nitrogens is 1. The number of carbonyl (C=O) groups excluding carboxylic acids is 2. The molecule has 0 saturated carbocycles. The second-order valence-corrected chi connectivity index (χ2v) is 8.96. The lowest BCUT2D eigenvalue weighted by Crippen LogP contribution is -2.34. The molecule has 0 bridgehead atoms. The van der Waals surface area contributed by atoms with E-state index in [0.717, 1.165) is 16.8 Å². The zero-order valence-corrected chi connectivity index (χ0v) is 19.6. The van der Waals surface area contributed by atoms with Crippen molar-refractivity contribution in [1.82, 2.24) is 9.88 Å². The standard InChI is InChI=1S/C24H32ClN3O2/c1-15(2)23(29)21(27(5)6)18-11-19(25)13-20(12-18)28(7)22(24(30)16(3)4)17-9-8-10-26-14-17/h8-16,21-22H,1-7H3. The highest BCUT2D eigenvalue weighted by Gasteiger charge is 2.30. The Kier molecular flexibility index (Phi) is 8.16. The number of carbonyl (C=O) groups is 2. The van der Waals surface area contributed by atoms with E-state index in [1.807, 2.05) is 89.0 Å². The van der Waals surface area contributed by atoms with E-state index in [1.54, 1.807) is 12.4 Å². The lowest BCUT2D eigenvalue weighted by Gasteiger charge is -2.32. The van der Waals surface area contributed by atoms with Gasteiger partial charge in [0.25, 0.3) is 0 Å². The molecule has 0 spiro atoms. The van der Waals surface area contributed by atoms with Crippen molar-refractivity contribution in [2.45, 2.75) is 39.8 Å². The van der Waals surface area contributed by atoms with Crippen molar-refractivity contribution in [3.63, 3.8) is 0 Å². The van der Waals surface area contributed by atoms with Gasteiger partial charge in [0, 0.05) is 47.6 Å². The predicted molar refractivity (Wildman–Crippen MR) is 123 cm³/mol. The number of hydrogen-bond donors (Lipinski definition) is 0. The minimum atomic E-state index is -0.497. The van der Waals surface area contributed by atoms with Crippen LogP contribution in [0.1, 0.15) is 50.9 Å². The van der Waals surface area contributed by atoms with Gasteiger partial charge in [-0.3, -0.25) is 19.5 Å². The van der Waals surface area contributed by atoms with E-state index in [-0.39, 0.29) is 23.4 Å². The lowest BCUT2D eigenvalue weighted by atomic mass is 9.92. The van der Waals surface area contributed by atoms with Crippen molar-refractivity contribution in [3.05, 3.63) is 58.9 Å². The number of hydrogen-bond acceptors (Lipinski definition) is 5. The van der Waals surface area contributed by atoms with Gasteiger partial charge in [0.2, 0.25) is 0 Å². The van der Waals surface area contributed by atoms with Gasteiger partial charge in [-0.2, -0.15) is 0 Å². The van der Waals surface area contributed by atoms with Crippen molar-refractivity contribution in [3.8, 4) is 0 Å². The van der Waals surface area contributed by atoms with Crippen LogP contribution in [0, 0.1) is 11.8 Å². The average molecular weight is 430 g/mol. The first-order valence-corrected chi connectivity index (χ1v) is 10.6. The van der Waals surface area contributed by atoms with Crippen molar-refractivity contribution in [2.75, 3.05) is 26.0 Å². The Labute approximate surface area is 185 Å². The molecular weight excluding hydrogens is 398 g/mol. The summed E-state index contributed by atoms with van der Waals surface area (Å²) in [6, 6.07) is 8.44. The number of ketones is 2. The molecule has 1 heterocycles. The molecule has 30 heavy (non-hydrogen) atoms. The van der Waals surface area contributed by atoms with Crippen LogP contribution in [0.5, 0.6) is 0 Å². The molecule has 2 unspecified atom stereocenters. The molecule has 2 atom stereocenters. The van der Waals surface area contributed by atoms with Crippen molar-refractivity contribution in [1.29, 1.82) is 0 Å². The Bertz CT molecular complexity index is 881. The molecule has 0 aliphatic heterocycles. The van der Waals surface area contributed by atoms with E-state index >= 15 is 0 Å². The molecule has 2 rings (SSSR count). The fourth-order valence-corrected chi connectivity index (χ4v) is 3.81. The van der Waals surface area contributed by atoms with Gasteiger partial charge in [0.1, 0.15) is 6.04 Å². The largest absolute Gasteiger partial charge is 0.361 e. The third-order valence-corrected chi connectivity index (χ3v) is 5.43. The molecule has 0 radical (unpaired) electrons. The van der Waals surface area contributed by atoms with Gasteiger partial charge in [0.05, 0.1) is 6.04 Å². The van der Waals surface area contributed by atoms with E-state index in [0.29, 0.717) is 5.02 Å². The summed E-state index contributed by atoms with van der Waals surface area (Å²) < 4.78 is 0. The molecule has 0 aliphatic carbocycles. The quantitative estimate of drug-likeness (QED) is 0.563. The lowest BCUT2D eigenvalue weighted by molar-refractivity contribution is -0.126. The zero-order valence-electron chi connectivity index (χ0n) is 18.9. The highest BCUT2D eigenvalue weighted by Crippen LogP contribution is 2.34. The Morgan fingerprint density at radius 2 is 1.50 bits per heavy atom. The second kappa shape index (κ2) is 10.2. The summed E-state index contributed by atoms with van der Waals surface area (Å²) in [5.41, 5.74) is 2.42. The molecule has 0 saturated heterocycles. The normalized spacial score (nSPS) is 13.6. The fraction of sp³-hybridized carbons (Fsp3) is 0.458. The van der Waals surface area contributed by atoms with Gasteiger partial charge in [-0.15, -0.1) is 0 Å². The van der Waals surface area contributed by atoms with Crippen LogP contribution in [0.3, 0.4) is 0 Å². The van der Waals surface area contributed by atoms with E-state index in [9.17, 15) is 9.59 Å². The SMILES string of the molecule is CC(C)C(=O)C(c1cc(Cl)cc(N(C)C(C(=O)C(C)C)c2cccnc2)c1)N(C)C. The molecule has 162 valence electrons. The summed E-state index contributed by atoms with van der Waals surface area (Å²) in [5, 5.41) is 0.527. The average Bonchev–Trinajstić information content (AvgIpc) is 2.68. The number of rotatable bonds is 9. The zero-order chi connectivity index (χ0) is 22.6. The summed E-state index contributed by atoms with van der Waals surface area (Å²) >= 11 is 6.47. The number of nitrogens with zero attached hydrogens (tertiary/aromatic N) is 3. The first-order valence-electron chi connectivity index (χ1n) is 10.2. The summed E-state index contributed by atoms with van der Waals surface area (Å²) in [4.78, 5) is 34.0. The van der Waals surface area contributed by atoms with Gasteiger partial charge < -0.3 is 4.90 Å². The van der Waals surface area contributed by atoms with Gasteiger partial charge in [-0.1, -0.05) is 45.4 Å². The number of pyridine rings is 1. The Hall–Kier alpha value is -2.24. The number of likely N-dealkylation sites (N-methyl/N-ethyl adjacent to an activating group) is 2. The van der Waals surface area contributed by atoms with E-state index in [4.69, 9.17) is 11.6 Å². The van der Waals surface area contributed by atoms with E-state index < -0.39 is 12.1 Å². The van der Waals surface area contributed by atoms with Gasteiger partial charge in [-0.05, 0) is 43.9 Å².